The van der Waals surface area contributed by atoms with Crippen LogP contribution in [0.1, 0.15) is 13.8 Å². The van der Waals surface area contributed by atoms with Crippen LogP contribution in [-0.4, -0.2) is 29.1 Å². The van der Waals surface area contributed by atoms with Gasteiger partial charge in [-0.25, -0.2) is 4.99 Å². The number of carbonyl (C=O) groups excluding carboxylic acids is 1. The maximum Gasteiger partial charge on any atom is 0.266 e. The number of allylic oxidation sites excluding steroid dienone is 2. The summed E-state index contributed by atoms with van der Waals surface area (Å²) in [6.07, 6.45) is 4.00. The zero-order chi connectivity index (χ0) is 26.8. The second-order valence-electron chi connectivity index (χ2n) is 8.97. The fraction of sp³-hybridized carbons (Fsp3) is 0.125. The van der Waals surface area contributed by atoms with Gasteiger partial charge in [0.2, 0.25) is 0 Å². The van der Waals surface area contributed by atoms with Gasteiger partial charge in [-0.3, -0.25) is 9.69 Å². The van der Waals surface area contributed by atoms with Gasteiger partial charge in [-0.15, -0.1) is 0 Å². The minimum Gasteiger partial charge on any atom is -0.457 e. The van der Waals surface area contributed by atoms with Crippen molar-refractivity contribution >= 4 is 56.7 Å². The lowest BCUT2D eigenvalue weighted by Crippen LogP contribution is -2.28. The van der Waals surface area contributed by atoms with Crippen LogP contribution in [0.3, 0.4) is 0 Å². The van der Waals surface area contributed by atoms with Crippen molar-refractivity contribution < 1.29 is 9.53 Å². The van der Waals surface area contributed by atoms with Crippen LogP contribution in [0.5, 0.6) is 11.5 Å². The van der Waals surface area contributed by atoms with Crippen LogP contribution < -0.4 is 9.64 Å². The molecule has 194 valence electrons. The molecule has 1 fully saturated rings. The number of amidine groups is 1. The lowest BCUT2D eigenvalue weighted by atomic mass is 10.1. The number of hydrogen-bond donors (Lipinski definition) is 0. The number of nitrogens with zero attached hydrogens (tertiary/aromatic N) is 3. The van der Waals surface area contributed by atoms with Crippen molar-refractivity contribution in [1.29, 1.82) is 0 Å². The molecule has 6 rings (SSSR count). The number of hydrogen-bond acceptors (Lipinski definition) is 6. The van der Waals surface area contributed by atoms with Gasteiger partial charge in [0.05, 0.1) is 21.3 Å². The molecular formula is C32H27N3O2S2. The number of rotatable bonds is 6. The molecule has 2 aliphatic rings. The minimum absolute atomic E-state index is 0.0175. The zero-order valence-electron chi connectivity index (χ0n) is 21.7. The monoisotopic (exact) mass is 549 g/mol. The van der Waals surface area contributed by atoms with Gasteiger partial charge in [0.15, 0.2) is 5.17 Å². The van der Waals surface area contributed by atoms with E-state index in [4.69, 9.17) is 9.73 Å². The maximum atomic E-state index is 13.2. The average molecular weight is 550 g/mol. The Morgan fingerprint density at radius 3 is 2.26 bits per heavy atom. The highest BCUT2D eigenvalue weighted by atomic mass is 32.2. The predicted molar refractivity (Wildman–Crippen MR) is 164 cm³/mol. The molecule has 1 amide bonds. The summed E-state index contributed by atoms with van der Waals surface area (Å²) < 4.78 is 5.89. The topological polar surface area (TPSA) is 45.1 Å². The number of thioether (sulfide) groups is 2. The third-order valence-electron chi connectivity index (χ3n) is 6.56. The largest absolute Gasteiger partial charge is 0.457 e. The zero-order valence-corrected chi connectivity index (χ0v) is 23.3. The molecule has 0 saturated carbocycles. The molecule has 0 spiro atoms. The van der Waals surface area contributed by atoms with Crippen molar-refractivity contribution in [2.24, 2.45) is 4.99 Å². The Morgan fingerprint density at radius 2 is 1.49 bits per heavy atom. The van der Waals surface area contributed by atoms with Crippen molar-refractivity contribution in [2.75, 3.05) is 18.0 Å². The third-order valence-corrected chi connectivity index (χ3v) is 8.78. The fourth-order valence-corrected chi connectivity index (χ4v) is 6.90. The van der Waals surface area contributed by atoms with Crippen LogP contribution in [0.25, 0.3) is 10.8 Å². The number of benzene rings is 4. The van der Waals surface area contributed by atoms with Crippen LogP contribution in [0.2, 0.25) is 0 Å². The molecule has 2 heterocycles. The third kappa shape index (κ3) is 5.07. The Morgan fingerprint density at radius 1 is 0.769 bits per heavy atom. The molecule has 5 nitrogen and oxygen atoms in total. The van der Waals surface area contributed by atoms with Gasteiger partial charge in [-0.2, -0.15) is 0 Å². The van der Waals surface area contributed by atoms with E-state index in [0.717, 1.165) is 28.8 Å². The SMILES string of the molecule is CCN1C(=O)/C(=C/C=C2/Sc3c(ccc4ccccc34)N2CC)SC1=Nc1ccc(Oc2ccccc2)cc1. The predicted octanol–water partition coefficient (Wildman–Crippen LogP) is 8.57. The van der Waals surface area contributed by atoms with E-state index in [1.165, 1.54) is 33.1 Å². The Kier molecular flexibility index (Phi) is 7.18. The molecule has 1 saturated heterocycles. The van der Waals surface area contributed by atoms with Crippen molar-refractivity contribution in [3.05, 3.63) is 113 Å². The smallest absolute Gasteiger partial charge is 0.266 e. The van der Waals surface area contributed by atoms with E-state index in [1.807, 2.05) is 67.6 Å². The van der Waals surface area contributed by atoms with Crippen LogP contribution >= 0.6 is 23.5 Å². The molecule has 0 N–H and O–H groups in total. The number of carbonyl (C=O) groups is 1. The van der Waals surface area contributed by atoms with E-state index in [1.54, 1.807) is 16.7 Å². The molecule has 4 aromatic rings. The first kappa shape index (κ1) is 25.3. The van der Waals surface area contributed by atoms with E-state index in [2.05, 4.69) is 54.3 Å². The van der Waals surface area contributed by atoms with Gasteiger partial charge in [0.1, 0.15) is 11.5 Å². The second-order valence-corrected chi connectivity index (χ2v) is 11.0. The molecule has 7 heteroatoms. The van der Waals surface area contributed by atoms with Gasteiger partial charge < -0.3 is 9.64 Å². The lowest BCUT2D eigenvalue weighted by molar-refractivity contribution is -0.122. The summed E-state index contributed by atoms with van der Waals surface area (Å²) in [4.78, 5) is 24.0. The first-order valence-electron chi connectivity index (χ1n) is 12.9. The Bertz CT molecular complexity index is 1630. The molecule has 39 heavy (non-hydrogen) atoms. The van der Waals surface area contributed by atoms with Crippen molar-refractivity contribution in [1.82, 2.24) is 4.90 Å². The van der Waals surface area contributed by atoms with Crippen molar-refractivity contribution in [2.45, 2.75) is 18.7 Å². The number of amides is 1. The average Bonchev–Trinajstić information content (AvgIpc) is 3.49. The molecule has 2 aliphatic heterocycles. The number of aliphatic imine (C=N–C) groups is 1. The maximum absolute atomic E-state index is 13.2. The van der Waals surface area contributed by atoms with Gasteiger partial charge in [-0.05, 0) is 91.0 Å². The molecular weight excluding hydrogens is 523 g/mol. The van der Waals surface area contributed by atoms with E-state index >= 15 is 0 Å². The van der Waals surface area contributed by atoms with Gasteiger partial charge in [-0.1, -0.05) is 60.3 Å². The summed E-state index contributed by atoms with van der Waals surface area (Å²) in [7, 11) is 0. The number of fused-ring (bicyclic) bond motifs is 3. The number of likely N-dealkylation sites (N-methyl/N-ethyl adjacent to an activating group) is 1. The van der Waals surface area contributed by atoms with Crippen molar-refractivity contribution in [3.63, 3.8) is 0 Å². The fourth-order valence-electron chi connectivity index (χ4n) is 4.63. The normalized spacial score (nSPS) is 18.1. The van der Waals surface area contributed by atoms with E-state index in [9.17, 15) is 4.79 Å². The van der Waals surface area contributed by atoms with Gasteiger partial charge in [0.25, 0.3) is 5.91 Å². The van der Waals surface area contributed by atoms with E-state index < -0.39 is 0 Å². The summed E-state index contributed by atoms with van der Waals surface area (Å²) in [5.74, 6) is 1.51. The van der Waals surface area contributed by atoms with Crippen LogP contribution in [0.4, 0.5) is 11.4 Å². The molecule has 0 radical (unpaired) electrons. The Hall–Kier alpha value is -3.94. The van der Waals surface area contributed by atoms with Crippen LogP contribution in [-0.2, 0) is 4.79 Å². The lowest BCUT2D eigenvalue weighted by Gasteiger charge is -2.17. The van der Waals surface area contributed by atoms with Gasteiger partial charge in [0, 0.05) is 18.0 Å². The molecule has 0 bridgehead atoms. The Balaban J connectivity index is 1.23. The standard InChI is InChI=1S/C32H27N3O2S2/c1-3-34-27-19-14-22-10-8-9-13-26(22)30(27)39-29(34)21-20-28-31(36)35(4-2)32(38-28)33-23-15-17-25(18-16-23)37-24-11-6-5-7-12-24/h5-21H,3-4H2,1-2H3/b28-20-,29-21+,33-32?. The quantitative estimate of drug-likeness (QED) is 0.225. The van der Waals surface area contributed by atoms with E-state index in [0.29, 0.717) is 16.6 Å². The van der Waals surface area contributed by atoms with Crippen LogP contribution in [0, 0.1) is 0 Å². The summed E-state index contributed by atoms with van der Waals surface area (Å²) in [6, 6.07) is 30.1. The summed E-state index contributed by atoms with van der Waals surface area (Å²) in [6.45, 7) is 5.54. The molecule has 0 atom stereocenters. The van der Waals surface area contributed by atoms with Gasteiger partial charge >= 0.3 is 0 Å². The summed E-state index contributed by atoms with van der Waals surface area (Å²) >= 11 is 3.18. The first-order valence-corrected chi connectivity index (χ1v) is 14.6. The highest BCUT2D eigenvalue weighted by molar-refractivity contribution is 8.18. The highest BCUT2D eigenvalue weighted by Gasteiger charge is 2.32. The second kappa shape index (κ2) is 11.0. The molecule has 0 aromatic heterocycles. The number of anilines is 1. The first-order chi connectivity index (χ1) is 19.1. The number of ether oxygens (including phenoxy) is 1. The minimum atomic E-state index is -0.0175. The summed E-state index contributed by atoms with van der Waals surface area (Å²) in [5.41, 5.74) is 1.99. The summed E-state index contributed by atoms with van der Waals surface area (Å²) in [5, 5.41) is 4.30. The van der Waals surface area contributed by atoms with E-state index in [-0.39, 0.29) is 5.91 Å². The molecule has 0 aliphatic carbocycles. The Labute approximate surface area is 236 Å². The molecule has 4 aromatic carbocycles. The highest BCUT2D eigenvalue weighted by Crippen LogP contribution is 2.49. The van der Waals surface area contributed by atoms with Crippen molar-refractivity contribution in [3.8, 4) is 11.5 Å². The van der Waals surface area contributed by atoms with Crippen LogP contribution in [0.15, 0.2) is 123 Å². The number of para-hydroxylation sites is 1. The molecule has 0 unspecified atom stereocenters.